The van der Waals surface area contributed by atoms with Gasteiger partial charge in [-0.1, -0.05) is 18.2 Å². The minimum absolute atomic E-state index is 0.526. The van der Waals surface area contributed by atoms with E-state index >= 15 is 0 Å². The molecule has 0 aliphatic heterocycles. The summed E-state index contributed by atoms with van der Waals surface area (Å²) in [5, 5.41) is 17.1. The van der Waals surface area contributed by atoms with Gasteiger partial charge in [-0.25, -0.2) is 20.0 Å². The maximum Gasteiger partial charge on any atom is 0.422 e. The summed E-state index contributed by atoms with van der Waals surface area (Å²) in [6.07, 6.45) is -8.44. The van der Waals surface area contributed by atoms with E-state index in [2.05, 4.69) is 0 Å². The van der Waals surface area contributed by atoms with Crippen LogP contribution in [-0.4, -0.2) is 34.1 Å². The second-order valence-corrected chi connectivity index (χ2v) is 3.96. The lowest BCUT2D eigenvalue weighted by atomic mass is 9.85. The maximum atomic E-state index is 13.7. The molecule has 4 N–H and O–H groups in total. The average Bonchev–Trinajstić information content (AvgIpc) is 2.34. The largest absolute Gasteiger partial charge is 0.464 e. The molecule has 0 aliphatic carbocycles. The van der Waals surface area contributed by atoms with Gasteiger partial charge in [-0.3, -0.25) is 0 Å². The number of halogens is 4. The van der Waals surface area contributed by atoms with E-state index in [1.165, 1.54) is 0 Å². The number of carboxylic acid groups (broad SMARTS) is 1. The van der Waals surface area contributed by atoms with Crippen LogP contribution in [-0.2, 0) is 5.54 Å². The van der Waals surface area contributed by atoms with Crippen molar-refractivity contribution in [2.75, 3.05) is 6.61 Å². The van der Waals surface area contributed by atoms with Crippen molar-refractivity contribution in [3.8, 4) is 0 Å². The molecule has 1 rings (SSSR count). The summed E-state index contributed by atoms with van der Waals surface area (Å²) in [4.78, 5) is 10.8. The quantitative estimate of drug-likeness (QED) is 0.342. The highest BCUT2D eigenvalue weighted by Gasteiger charge is 2.61. The fraction of sp³-hybridized carbons (Fsp3) is 0.364. The molecule has 1 unspecified atom stereocenters. The molecule has 0 aromatic heterocycles. The van der Waals surface area contributed by atoms with Gasteiger partial charge >= 0.3 is 12.3 Å². The molecule has 1 amide bonds. The molecule has 9 heteroatoms. The predicted molar refractivity (Wildman–Crippen MR) is 59.9 cm³/mol. The Morgan fingerprint density at radius 1 is 1.30 bits per heavy atom. The summed E-state index contributed by atoms with van der Waals surface area (Å²) >= 11 is 0. The van der Waals surface area contributed by atoms with Crippen LogP contribution in [0.1, 0.15) is 12.0 Å². The molecular weight excluding hydrogens is 284 g/mol. The third-order valence-corrected chi connectivity index (χ3v) is 2.88. The average molecular weight is 296 g/mol. The zero-order valence-corrected chi connectivity index (χ0v) is 10.1. The molecule has 5 nitrogen and oxygen atoms in total. The van der Waals surface area contributed by atoms with Gasteiger partial charge in [0.1, 0.15) is 5.82 Å². The number of benzene rings is 1. The summed E-state index contributed by atoms with van der Waals surface area (Å²) in [5.74, 6) is 3.74. The van der Waals surface area contributed by atoms with Gasteiger partial charge in [-0.05, 0) is 6.07 Å². The Balaban J connectivity index is 3.62. The fourth-order valence-electron chi connectivity index (χ4n) is 1.94. The van der Waals surface area contributed by atoms with Crippen LogP contribution in [0.15, 0.2) is 24.3 Å². The van der Waals surface area contributed by atoms with E-state index in [0.717, 1.165) is 24.3 Å². The molecule has 0 heterocycles. The topological polar surface area (TPSA) is 86.8 Å². The van der Waals surface area contributed by atoms with Crippen LogP contribution in [0.3, 0.4) is 0 Å². The van der Waals surface area contributed by atoms with Crippen LogP contribution < -0.4 is 5.84 Å². The third-order valence-electron chi connectivity index (χ3n) is 2.88. The normalized spacial score (nSPS) is 14.7. The van der Waals surface area contributed by atoms with Crippen molar-refractivity contribution in [2.24, 2.45) is 5.84 Å². The summed E-state index contributed by atoms with van der Waals surface area (Å²) in [5.41, 5.74) is -4.33. The number of hydrazine groups is 1. The lowest BCUT2D eigenvalue weighted by Crippen LogP contribution is -2.62. The number of nitrogens with two attached hydrogens (primary N) is 1. The van der Waals surface area contributed by atoms with Gasteiger partial charge in [0.05, 0.1) is 0 Å². The first kappa shape index (κ1) is 16.2. The van der Waals surface area contributed by atoms with Crippen molar-refractivity contribution in [2.45, 2.75) is 18.1 Å². The monoisotopic (exact) mass is 296 g/mol. The molecule has 0 saturated carbocycles. The third kappa shape index (κ3) is 2.54. The number of rotatable bonds is 4. The zero-order chi connectivity index (χ0) is 15.6. The number of nitrogens with zero attached hydrogens (tertiary/aromatic N) is 1. The van der Waals surface area contributed by atoms with Crippen molar-refractivity contribution in [3.05, 3.63) is 35.6 Å². The number of alkyl halides is 3. The van der Waals surface area contributed by atoms with Gasteiger partial charge in [-0.2, -0.15) is 13.2 Å². The van der Waals surface area contributed by atoms with E-state index < -0.39 is 47.2 Å². The predicted octanol–water partition coefficient (Wildman–Crippen LogP) is 1.82. The molecule has 1 aromatic carbocycles. The molecule has 1 aromatic rings. The van der Waals surface area contributed by atoms with Gasteiger partial charge in [0.15, 0.2) is 5.54 Å². The highest BCUT2D eigenvalue weighted by molar-refractivity contribution is 5.66. The van der Waals surface area contributed by atoms with Crippen molar-refractivity contribution >= 4 is 6.09 Å². The first-order valence-electron chi connectivity index (χ1n) is 5.39. The van der Waals surface area contributed by atoms with E-state index in [9.17, 15) is 22.4 Å². The highest BCUT2D eigenvalue weighted by atomic mass is 19.4. The highest BCUT2D eigenvalue weighted by Crippen LogP contribution is 2.46. The van der Waals surface area contributed by atoms with Crippen molar-refractivity contribution in [1.29, 1.82) is 0 Å². The Hall–Kier alpha value is -1.87. The fourth-order valence-corrected chi connectivity index (χ4v) is 1.94. The number of aliphatic hydroxyl groups is 1. The standard InChI is InChI=1S/C11H12F4N2O3/c12-8-4-2-1-3-7(8)10(5-6-18,11(13,14)15)17(16)9(19)20/h1-4,18H,5-6,16H2,(H,19,20). The second kappa shape index (κ2) is 5.63. The Morgan fingerprint density at radius 2 is 1.85 bits per heavy atom. The lowest BCUT2D eigenvalue weighted by molar-refractivity contribution is -0.237. The van der Waals surface area contributed by atoms with Crippen molar-refractivity contribution in [3.63, 3.8) is 0 Å². The van der Waals surface area contributed by atoms with Gasteiger partial charge in [0.25, 0.3) is 0 Å². The lowest BCUT2D eigenvalue weighted by Gasteiger charge is -2.40. The zero-order valence-electron chi connectivity index (χ0n) is 10.1. The smallest absolute Gasteiger partial charge is 0.422 e. The first-order chi connectivity index (χ1) is 9.18. The molecule has 0 fully saturated rings. The number of hydrogen-bond acceptors (Lipinski definition) is 3. The van der Waals surface area contributed by atoms with Gasteiger partial charge < -0.3 is 10.2 Å². The Labute approximate surface area is 111 Å². The summed E-state index contributed by atoms with van der Waals surface area (Å²) < 4.78 is 53.8. The van der Waals surface area contributed by atoms with E-state index in [-0.39, 0.29) is 0 Å². The van der Waals surface area contributed by atoms with Gasteiger partial charge in [0, 0.05) is 18.6 Å². The summed E-state index contributed by atoms with van der Waals surface area (Å²) in [6.45, 7) is -1.03. The molecule has 0 radical (unpaired) electrons. The number of carbonyl (C=O) groups is 1. The van der Waals surface area contributed by atoms with E-state index in [0.29, 0.717) is 0 Å². The molecule has 0 bridgehead atoms. The summed E-state index contributed by atoms with van der Waals surface area (Å²) in [6, 6.07) is 3.80. The van der Waals surface area contributed by atoms with Crippen LogP contribution in [0.5, 0.6) is 0 Å². The van der Waals surface area contributed by atoms with Crippen molar-refractivity contribution < 1.29 is 32.6 Å². The van der Waals surface area contributed by atoms with Crippen molar-refractivity contribution in [1.82, 2.24) is 5.01 Å². The summed E-state index contributed by atoms with van der Waals surface area (Å²) in [7, 11) is 0. The number of hydrogen-bond donors (Lipinski definition) is 3. The first-order valence-corrected chi connectivity index (χ1v) is 5.39. The van der Waals surface area contributed by atoms with Crippen LogP contribution in [0.25, 0.3) is 0 Å². The van der Waals surface area contributed by atoms with Gasteiger partial charge in [0.2, 0.25) is 0 Å². The van der Waals surface area contributed by atoms with E-state index in [1.807, 2.05) is 0 Å². The second-order valence-electron chi connectivity index (χ2n) is 3.96. The number of amides is 1. The Morgan fingerprint density at radius 3 is 2.25 bits per heavy atom. The molecule has 0 aliphatic rings. The minimum atomic E-state index is -5.22. The van der Waals surface area contributed by atoms with Crippen LogP contribution in [0.2, 0.25) is 0 Å². The number of aliphatic hydroxyl groups excluding tert-OH is 1. The molecule has 1 atom stereocenters. The van der Waals surface area contributed by atoms with Crippen LogP contribution in [0.4, 0.5) is 22.4 Å². The Kier molecular flexibility index (Phi) is 4.56. The minimum Gasteiger partial charge on any atom is -0.464 e. The molecule has 0 spiro atoms. The molecule has 112 valence electrons. The van der Waals surface area contributed by atoms with Crippen LogP contribution in [0, 0.1) is 5.82 Å². The van der Waals surface area contributed by atoms with E-state index in [1.54, 1.807) is 0 Å². The Bertz CT molecular complexity index is 495. The molecular formula is C11H12F4N2O3. The SMILES string of the molecule is NN(C(=O)O)C(CCO)(c1ccccc1F)C(F)(F)F. The maximum absolute atomic E-state index is 13.7. The van der Waals surface area contributed by atoms with Gasteiger partial charge in [-0.15, -0.1) is 0 Å². The van der Waals surface area contributed by atoms with Crippen LogP contribution >= 0.6 is 0 Å². The van der Waals surface area contributed by atoms with E-state index in [4.69, 9.17) is 16.1 Å². The molecule has 0 saturated heterocycles. The molecule has 20 heavy (non-hydrogen) atoms.